The molecule has 0 aliphatic heterocycles. The molecule has 4 heteroatoms. The van der Waals surface area contributed by atoms with Crippen LogP contribution in [0.3, 0.4) is 0 Å². The Balaban J connectivity index is 1.96. The second-order valence-electron chi connectivity index (χ2n) is 6.40. The Morgan fingerprint density at radius 1 is 1.05 bits per heavy atom. The Hall–Kier alpha value is -1.84. The summed E-state index contributed by atoms with van der Waals surface area (Å²) in [4.78, 5) is 24.8. The lowest BCUT2D eigenvalue weighted by molar-refractivity contribution is -0.124. The molecular formula is C18H26N2O2. The van der Waals surface area contributed by atoms with Gasteiger partial charge in [-0.1, -0.05) is 51.3 Å². The first-order chi connectivity index (χ1) is 10.6. The molecule has 2 rings (SSSR count). The molecule has 0 unspecified atom stereocenters. The van der Waals surface area contributed by atoms with E-state index in [2.05, 4.69) is 10.6 Å². The third kappa shape index (κ3) is 4.58. The van der Waals surface area contributed by atoms with Crippen molar-refractivity contribution in [1.82, 2.24) is 10.6 Å². The van der Waals surface area contributed by atoms with Crippen LogP contribution in [-0.2, 0) is 4.79 Å². The van der Waals surface area contributed by atoms with Crippen molar-refractivity contribution in [2.24, 2.45) is 5.92 Å². The Bertz CT molecular complexity index is 493. The first-order valence-corrected chi connectivity index (χ1v) is 8.24. The highest BCUT2D eigenvalue weighted by molar-refractivity contribution is 5.97. The normalized spacial score (nSPS) is 17.0. The maximum Gasteiger partial charge on any atom is 0.251 e. The first-order valence-electron chi connectivity index (χ1n) is 8.24. The Labute approximate surface area is 132 Å². The number of nitrogens with one attached hydrogen (secondary N) is 2. The second-order valence-corrected chi connectivity index (χ2v) is 6.40. The number of hydrogen-bond acceptors (Lipinski definition) is 2. The largest absolute Gasteiger partial charge is 0.352 e. The quantitative estimate of drug-likeness (QED) is 0.878. The van der Waals surface area contributed by atoms with Crippen LogP contribution in [0.5, 0.6) is 0 Å². The van der Waals surface area contributed by atoms with E-state index in [1.54, 1.807) is 12.1 Å². The molecular weight excluding hydrogens is 276 g/mol. The average Bonchev–Trinajstić information content (AvgIpc) is 2.53. The molecule has 1 aromatic rings. The summed E-state index contributed by atoms with van der Waals surface area (Å²) in [7, 11) is 0. The van der Waals surface area contributed by atoms with E-state index in [0.29, 0.717) is 5.56 Å². The van der Waals surface area contributed by atoms with E-state index in [1.807, 2.05) is 32.0 Å². The van der Waals surface area contributed by atoms with Crippen molar-refractivity contribution in [2.45, 2.75) is 58.0 Å². The molecule has 1 aliphatic carbocycles. The number of carbonyl (C=O) groups is 2. The highest BCUT2D eigenvalue weighted by Gasteiger charge is 2.26. The summed E-state index contributed by atoms with van der Waals surface area (Å²) in [6.07, 6.45) is 5.69. The van der Waals surface area contributed by atoms with Crippen molar-refractivity contribution < 1.29 is 9.59 Å². The highest BCUT2D eigenvalue weighted by atomic mass is 16.2. The van der Waals surface area contributed by atoms with E-state index in [9.17, 15) is 9.59 Å². The van der Waals surface area contributed by atoms with E-state index in [4.69, 9.17) is 0 Å². The van der Waals surface area contributed by atoms with Gasteiger partial charge in [0.05, 0.1) is 0 Å². The number of rotatable bonds is 5. The van der Waals surface area contributed by atoms with Gasteiger partial charge in [-0.2, -0.15) is 0 Å². The minimum atomic E-state index is -0.491. The van der Waals surface area contributed by atoms with Gasteiger partial charge in [-0.15, -0.1) is 0 Å². The van der Waals surface area contributed by atoms with Crippen LogP contribution in [0, 0.1) is 5.92 Å². The zero-order chi connectivity index (χ0) is 15.9. The monoisotopic (exact) mass is 302 g/mol. The van der Waals surface area contributed by atoms with Crippen molar-refractivity contribution in [3.05, 3.63) is 35.9 Å². The van der Waals surface area contributed by atoms with E-state index >= 15 is 0 Å². The smallest absolute Gasteiger partial charge is 0.251 e. The molecule has 2 amide bonds. The molecule has 1 aliphatic rings. The SMILES string of the molecule is CC(C)[C@@H](NC(=O)c1ccccc1)C(=O)NC1CCCCC1. The third-order valence-electron chi connectivity index (χ3n) is 4.22. The molecule has 0 spiro atoms. The number of benzene rings is 1. The third-order valence-corrected chi connectivity index (χ3v) is 4.22. The summed E-state index contributed by atoms with van der Waals surface area (Å²) in [5, 5.41) is 5.97. The molecule has 1 fully saturated rings. The topological polar surface area (TPSA) is 58.2 Å². The van der Waals surface area contributed by atoms with Gasteiger partial charge in [-0.25, -0.2) is 0 Å². The minimum absolute atomic E-state index is 0.0521. The molecule has 0 bridgehead atoms. The van der Waals surface area contributed by atoms with Crippen LogP contribution in [-0.4, -0.2) is 23.9 Å². The highest BCUT2D eigenvalue weighted by Crippen LogP contribution is 2.18. The maximum atomic E-state index is 12.5. The van der Waals surface area contributed by atoms with Crippen LogP contribution in [0.1, 0.15) is 56.3 Å². The summed E-state index contributed by atoms with van der Waals surface area (Å²) in [5.41, 5.74) is 0.582. The van der Waals surface area contributed by atoms with Gasteiger partial charge in [0, 0.05) is 11.6 Å². The molecule has 4 nitrogen and oxygen atoms in total. The Morgan fingerprint density at radius 3 is 2.27 bits per heavy atom. The summed E-state index contributed by atoms with van der Waals surface area (Å²) >= 11 is 0. The average molecular weight is 302 g/mol. The van der Waals surface area contributed by atoms with E-state index in [0.717, 1.165) is 12.8 Å². The fourth-order valence-electron chi connectivity index (χ4n) is 2.89. The van der Waals surface area contributed by atoms with Gasteiger partial charge in [-0.3, -0.25) is 9.59 Å². The van der Waals surface area contributed by atoms with Crippen molar-refractivity contribution in [3.8, 4) is 0 Å². The molecule has 2 N–H and O–H groups in total. The number of carbonyl (C=O) groups excluding carboxylic acids is 2. The van der Waals surface area contributed by atoms with Gasteiger partial charge in [0.15, 0.2) is 0 Å². The van der Waals surface area contributed by atoms with Crippen LogP contribution in [0.4, 0.5) is 0 Å². The minimum Gasteiger partial charge on any atom is -0.352 e. The van der Waals surface area contributed by atoms with Crippen LogP contribution in [0.15, 0.2) is 30.3 Å². The van der Waals surface area contributed by atoms with Crippen molar-refractivity contribution in [2.75, 3.05) is 0 Å². The van der Waals surface area contributed by atoms with Crippen LogP contribution < -0.4 is 10.6 Å². The van der Waals surface area contributed by atoms with Crippen molar-refractivity contribution in [3.63, 3.8) is 0 Å². The lowest BCUT2D eigenvalue weighted by Crippen LogP contribution is -2.52. The predicted octanol–water partition coefficient (Wildman–Crippen LogP) is 2.89. The Morgan fingerprint density at radius 2 is 1.68 bits per heavy atom. The molecule has 0 radical (unpaired) electrons. The molecule has 0 saturated heterocycles. The van der Waals surface area contributed by atoms with E-state index < -0.39 is 6.04 Å². The molecule has 1 aromatic carbocycles. The summed E-state index contributed by atoms with van der Waals surface area (Å²) in [5.74, 6) is -0.208. The lowest BCUT2D eigenvalue weighted by Gasteiger charge is -2.27. The van der Waals surface area contributed by atoms with E-state index in [1.165, 1.54) is 19.3 Å². The summed E-state index contributed by atoms with van der Waals surface area (Å²) < 4.78 is 0. The molecule has 0 aromatic heterocycles. The van der Waals surface area contributed by atoms with E-state index in [-0.39, 0.29) is 23.8 Å². The van der Waals surface area contributed by atoms with Crippen molar-refractivity contribution >= 4 is 11.8 Å². The van der Waals surface area contributed by atoms with Crippen LogP contribution in [0.25, 0.3) is 0 Å². The molecule has 22 heavy (non-hydrogen) atoms. The lowest BCUT2D eigenvalue weighted by atomic mass is 9.94. The number of hydrogen-bond donors (Lipinski definition) is 2. The van der Waals surface area contributed by atoms with Gasteiger partial charge in [0.2, 0.25) is 5.91 Å². The van der Waals surface area contributed by atoms with Gasteiger partial charge in [0.1, 0.15) is 6.04 Å². The van der Waals surface area contributed by atoms with Crippen LogP contribution >= 0.6 is 0 Å². The number of amides is 2. The molecule has 1 saturated carbocycles. The summed E-state index contributed by atoms with van der Waals surface area (Å²) in [6, 6.07) is 8.79. The second kappa shape index (κ2) is 7.97. The maximum absolute atomic E-state index is 12.5. The van der Waals surface area contributed by atoms with Crippen LogP contribution in [0.2, 0.25) is 0 Å². The van der Waals surface area contributed by atoms with Gasteiger partial charge < -0.3 is 10.6 Å². The zero-order valence-corrected chi connectivity index (χ0v) is 13.5. The standard InChI is InChI=1S/C18H26N2O2/c1-13(2)16(18(22)19-15-11-7-4-8-12-15)20-17(21)14-9-5-3-6-10-14/h3,5-6,9-10,13,15-16H,4,7-8,11-12H2,1-2H3,(H,19,22)(H,20,21)/t16-/m1/s1. The fourth-order valence-corrected chi connectivity index (χ4v) is 2.89. The Kier molecular flexibility index (Phi) is 5.99. The van der Waals surface area contributed by atoms with Gasteiger partial charge in [0.25, 0.3) is 5.91 Å². The molecule has 0 heterocycles. The van der Waals surface area contributed by atoms with Gasteiger partial charge >= 0.3 is 0 Å². The molecule has 1 atom stereocenters. The zero-order valence-electron chi connectivity index (χ0n) is 13.5. The fraction of sp³-hybridized carbons (Fsp3) is 0.556. The van der Waals surface area contributed by atoms with Crippen molar-refractivity contribution in [1.29, 1.82) is 0 Å². The predicted molar refractivity (Wildman–Crippen MR) is 87.5 cm³/mol. The summed E-state index contributed by atoms with van der Waals surface area (Å²) in [6.45, 7) is 3.91. The van der Waals surface area contributed by atoms with Gasteiger partial charge in [-0.05, 0) is 30.9 Å². The first kappa shape index (κ1) is 16.5. The molecule has 120 valence electrons.